The molecular formula is C30H29N5O7S. The summed E-state index contributed by atoms with van der Waals surface area (Å²) in [5, 5.41) is 21.1. The zero-order valence-corrected chi connectivity index (χ0v) is 24.2. The van der Waals surface area contributed by atoms with Crippen molar-refractivity contribution in [1.82, 2.24) is 16.1 Å². The number of carbonyl (C=O) groups is 2. The molecule has 0 unspecified atom stereocenters. The van der Waals surface area contributed by atoms with Gasteiger partial charge in [0.1, 0.15) is 18.1 Å². The summed E-state index contributed by atoms with van der Waals surface area (Å²) in [5.41, 5.74) is 5.51. The lowest BCUT2D eigenvalue weighted by atomic mass is 9.95. The molecule has 1 atom stereocenters. The Morgan fingerprint density at radius 1 is 1.07 bits per heavy atom. The first-order chi connectivity index (χ1) is 20.7. The number of thiocarbonyl (C=S) groups is 1. The van der Waals surface area contributed by atoms with Gasteiger partial charge in [0.15, 0.2) is 11.7 Å². The number of nitro groups is 1. The van der Waals surface area contributed by atoms with Gasteiger partial charge in [0.2, 0.25) is 0 Å². The van der Waals surface area contributed by atoms with Crippen LogP contribution in [0.15, 0.2) is 89.2 Å². The number of nitro benzene ring substituents is 1. The fraction of sp³-hybridized carbons (Fsp3) is 0.200. The maximum absolute atomic E-state index is 12.7. The highest BCUT2D eigenvalue weighted by atomic mass is 32.1. The molecule has 0 bridgehead atoms. The third-order valence-corrected chi connectivity index (χ3v) is 6.41. The van der Waals surface area contributed by atoms with Crippen molar-refractivity contribution in [3.05, 3.63) is 111 Å². The Kier molecular flexibility index (Phi) is 10.4. The third-order valence-electron chi connectivity index (χ3n) is 6.19. The number of hydrazone groups is 1. The number of para-hydroxylation sites is 1. The molecule has 0 spiro atoms. The second kappa shape index (κ2) is 14.5. The second-order valence-electron chi connectivity index (χ2n) is 9.19. The average Bonchev–Trinajstić information content (AvgIpc) is 2.99. The number of carbonyl (C=O) groups excluding carboxylic acids is 2. The van der Waals surface area contributed by atoms with Gasteiger partial charge in [-0.15, -0.1) is 0 Å². The van der Waals surface area contributed by atoms with E-state index in [0.29, 0.717) is 33.4 Å². The Bertz CT molecular complexity index is 1560. The molecule has 0 aromatic heterocycles. The molecule has 12 nitrogen and oxygen atoms in total. The molecule has 0 radical (unpaired) electrons. The Morgan fingerprint density at radius 2 is 1.79 bits per heavy atom. The summed E-state index contributed by atoms with van der Waals surface area (Å²) in [7, 11) is 0. The van der Waals surface area contributed by atoms with E-state index in [9.17, 15) is 19.7 Å². The molecule has 43 heavy (non-hydrogen) atoms. The number of esters is 1. The van der Waals surface area contributed by atoms with Crippen LogP contribution in [0.1, 0.15) is 36.6 Å². The van der Waals surface area contributed by atoms with Crippen molar-refractivity contribution in [2.45, 2.75) is 26.5 Å². The van der Waals surface area contributed by atoms with Crippen LogP contribution < -0.4 is 25.5 Å². The summed E-state index contributed by atoms with van der Waals surface area (Å²) in [4.78, 5) is 35.5. The minimum Gasteiger partial charge on any atom is -0.489 e. The lowest BCUT2D eigenvalue weighted by Crippen LogP contribution is -2.45. The first-order valence-corrected chi connectivity index (χ1v) is 13.6. The highest BCUT2D eigenvalue weighted by Crippen LogP contribution is 2.33. The molecule has 0 fully saturated rings. The molecule has 3 N–H and O–H groups in total. The summed E-state index contributed by atoms with van der Waals surface area (Å²) in [6, 6.07) is 19.6. The van der Waals surface area contributed by atoms with E-state index in [0.717, 1.165) is 11.1 Å². The quantitative estimate of drug-likeness (QED) is 0.0908. The van der Waals surface area contributed by atoms with Crippen LogP contribution in [0, 0.1) is 10.1 Å². The largest absolute Gasteiger partial charge is 0.489 e. The first kappa shape index (κ1) is 30.7. The number of nitrogens with zero attached hydrogens (tertiary/aromatic N) is 2. The van der Waals surface area contributed by atoms with E-state index in [4.69, 9.17) is 26.4 Å². The third kappa shape index (κ3) is 8.36. The van der Waals surface area contributed by atoms with E-state index in [1.165, 1.54) is 18.3 Å². The highest BCUT2D eigenvalue weighted by molar-refractivity contribution is 7.80. The summed E-state index contributed by atoms with van der Waals surface area (Å²) in [6.07, 6.45) is 1.48. The van der Waals surface area contributed by atoms with Crippen molar-refractivity contribution in [2.75, 3.05) is 13.2 Å². The molecule has 0 aliphatic carbocycles. The van der Waals surface area contributed by atoms with E-state index in [1.807, 2.05) is 0 Å². The Morgan fingerprint density at radius 3 is 2.49 bits per heavy atom. The van der Waals surface area contributed by atoms with Crippen LogP contribution in [-0.4, -0.2) is 41.3 Å². The second-order valence-corrected chi connectivity index (χ2v) is 9.60. The van der Waals surface area contributed by atoms with Gasteiger partial charge in [0, 0.05) is 23.4 Å². The van der Waals surface area contributed by atoms with Gasteiger partial charge >= 0.3 is 5.97 Å². The molecule has 0 saturated heterocycles. The summed E-state index contributed by atoms with van der Waals surface area (Å²) < 4.78 is 16.8. The number of hydrogen-bond acceptors (Lipinski definition) is 9. The fourth-order valence-electron chi connectivity index (χ4n) is 4.14. The fourth-order valence-corrected chi connectivity index (χ4v) is 4.41. The van der Waals surface area contributed by atoms with Crippen molar-refractivity contribution in [3.63, 3.8) is 0 Å². The molecule has 0 saturated carbocycles. The van der Waals surface area contributed by atoms with E-state index in [1.54, 1.807) is 74.5 Å². The number of rotatable bonds is 12. The van der Waals surface area contributed by atoms with Crippen molar-refractivity contribution >= 4 is 41.1 Å². The normalized spacial score (nSPS) is 14.5. The molecule has 1 aliphatic rings. The minimum atomic E-state index is -0.633. The van der Waals surface area contributed by atoms with E-state index < -0.39 is 22.8 Å². The predicted octanol–water partition coefficient (Wildman–Crippen LogP) is 4.06. The first-order valence-electron chi connectivity index (χ1n) is 13.2. The monoisotopic (exact) mass is 603 g/mol. The van der Waals surface area contributed by atoms with E-state index in [-0.39, 0.29) is 25.5 Å². The van der Waals surface area contributed by atoms with Crippen LogP contribution in [0.5, 0.6) is 11.5 Å². The van der Waals surface area contributed by atoms with Crippen LogP contribution in [-0.2, 0) is 20.9 Å². The summed E-state index contributed by atoms with van der Waals surface area (Å²) >= 11 is 5.30. The number of hydrogen-bond donors (Lipinski definition) is 3. The molecule has 1 aliphatic heterocycles. The van der Waals surface area contributed by atoms with Gasteiger partial charge in [-0.3, -0.25) is 14.9 Å². The molecule has 3 aromatic carbocycles. The van der Waals surface area contributed by atoms with Gasteiger partial charge in [-0.1, -0.05) is 18.2 Å². The number of ether oxygens (including phenoxy) is 3. The Labute approximate surface area is 252 Å². The van der Waals surface area contributed by atoms with Crippen LogP contribution in [0.25, 0.3) is 0 Å². The zero-order valence-electron chi connectivity index (χ0n) is 23.4. The topological polar surface area (TPSA) is 153 Å². The molecule has 3 aromatic rings. The van der Waals surface area contributed by atoms with Gasteiger partial charge in [-0.05, 0) is 79.7 Å². The SMILES string of the molecule is CCOC(=O)C1=C(C)NC(=S)N[C@H]1c1ccccc1OCC(=O)NN=Cc1ccc(OCc2ccc([N+](=O)[O-])cc2)cc1. The number of allylic oxidation sites excluding steroid dienone is 1. The standard InChI is InChI=1S/C30H29N5O7S/c1-3-40-29(37)27-19(2)32-30(43)33-28(27)24-6-4-5-7-25(24)42-18-26(36)34-31-16-20-10-14-23(15-11-20)41-17-21-8-12-22(13-9-21)35(38)39/h4-16,28H,3,17-18H2,1-2H3,(H,34,36)(H2,32,33,43)/t28-/m0/s1. The minimum absolute atomic E-state index is 0.0209. The van der Waals surface area contributed by atoms with Crippen LogP contribution >= 0.6 is 12.2 Å². The molecular weight excluding hydrogens is 574 g/mol. The predicted molar refractivity (Wildman–Crippen MR) is 162 cm³/mol. The van der Waals surface area contributed by atoms with Gasteiger partial charge in [0.25, 0.3) is 11.6 Å². The highest BCUT2D eigenvalue weighted by Gasteiger charge is 2.32. The van der Waals surface area contributed by atoms with Gasteiger partial charge < -0.3 is 24.8 Å². The van der Waals surface area contributed by atoms with Gasteiger partial charge in [-0.2, -0.15) is 5.10 Å². The molecule has 1 heterocycles. The van der Waals surface area contributed by atoms with E-state index in [2.05, 4.69) is 21.2 Å². The maximum atomic E-state index is 12.7. The van der Waals surface area contributed by atoms with Crippen LogP contribution in [0.4, 0.5) is 5.69 Å². The number of benzene rings is 3. The molecule has 4 rings (SSSR count). The maximum Gasteiger partial charge on any atom is 0.338 e. The van der Waals surface area contributed by atoms with Crippen molar-refractivity contribution in [2.24, 2.45) is 5.10 Å². The molecule has 222 valence electrons. The number of nitrogens with one attached hydrogen (secondary N) is 3. The van der Waals surface area contributed by atoms with Crippen molar-refractivity contribution < 1.29 is 28.7 Å². The lowest BCUT2D eigenvalue weighted by molar-refractivity contribution is -0.384. The number of amides is 1. The molecule has 13 heteroatoms. The van der Waals surface area contributed by atoms with Crippen LogP contribution in [0.2, 0.25) is 0 Å². The Balaban J connectivity index is 1.30. The van der Waals surface area contributed by atoms with Crippen molar-refractivity contribution in [3.8, 4) is 11.5 Å². The van der Waals surface area contributed by atoms with Crippen LogP contribution in [0.3, 0.4) is 0 Å². The smallest absolute Gasteiger partial charge is 0.338 e. The summed E-state index contributed by atoms with van der Waals surface area (Å²) in [5.74, 6) is 0.0215. The average molecular weight is 604 g/mol. The lowest BCUT2D eigenvalue weighted by Gasteiger charge is -2.30. The number of non-ortho nitro benzene ring substituents is 1. The zero-order chi connectivity index (χ0) is 30.8. The summed E-state index contributed by atoms with van der Waals surface area (Å²) in [6.45, 7) is 3.62. The van der Waals surface area contributed by atoms with Gasteiger partial charge in [-0.25, -0.2) is 10.2 Å². The molecule has 1 amide bonds. The van der Waals surface area contributed by atoms with E-state index >= 15 is 0 Å². The Hall–Kier alpha value is -5.30. The van der Waals surface area contributed by atoms with Gasteiger partial charge in [0.05, 0.1) is 29.4 Å². The van der Waals surface area contributed by atoms with Crippen molar-refractivity contribution in [1.29, 1.82) is 0 Å².